The van der Waals surface area contributed by atoms with E-state index in [1.807, 2.05) is 0 Å². The van der Waals surface area contributed by atoms with Crippen LogP contribution in [-0.4, -0.2) is 17.2 Å². The number of nitrogen functional groups attached to an aromatic ring is 1. The monoisotopic (exact) mass is 160 g/mol. The Labute approximate surface area is 64.5 Å². The van der Waals surface area contributed by atoms with E-state index in [0.717, 1.165) is 7.11 Å². The Kier molecular flexibility index (Phi) is 4.62. The van der Waals surface area contributed by atoms with Gasteiger partial charge in [0.1, 0.15) is 5.82 Å². The number of hydrogen-bond donors (Lipinski definition) is 2. The average molecular weight is 161 g/mol. The maximum absolute atomic E-state index is 7.00. The summed E-state index contributed by atoms with van der Waals surface area (Å²) in [5, 5.41) is 7.61. The highest BCUT2D eigenvalue weighted by atomic mass is 35.5. The molecule has 1 heterocycles. The van der Waals surface area contributed by atoms with Crippen LogP contribution in [0.5, 0.6) is 0 Å². The van der Waals surface area contributed by atoms with Gasteiger partial charge in [-0.15, -0.1) is 0 Å². The van der Waals surface area contributed by atoms with E-state index in [1.54, 1.807) is 12.1 Å². The number of rotatable bonds is 0. The number of aliphatic hydroxyl groups is 1. The summed E-state index contributed by atoms with van der Waals surface area (Å²) in [4.78, 5) is 3.72. The van der Waals surface area contributed by atoms with Crippen molar-refractivity contribution in [3.8, 4) is 0 Å². The molecule has 56 valence electrons. The van der Waals surface area contributed by atoms with E-state index >= 15 is 0 Å². The van der Waals surface area contributed by atoms with Crippen molar-refractivity contribution in [2.45, 2.75) is 0 Å². The molecule has 0 aromatic carbocycles. The highest BCUT2D eigenvalue weighted by Gasteiger charge is 1.83. The second-order valence-electron chi connectivity index (χ2n) is 1.40. The maximum atomic E-state index is 7.00. The summed E-state index contributed by atoms with van der Waals surface area (Å²) in [5.74, 6) is 0.495. The zero-order valence-electron chi connectivity index (χ0n) is 5.58. The van der Waals surface area contributed by atoms with E-state index in [0.29, 0.717) is 10.8 Å². The SMILES string of the molecule is CO.Nc1ccc(Cl)cn1. The molecule has 0 fully saturated rings. The van der Waals surface area contributed by atoms with Crippen LogP contribution in [0.25, 0.3) is 0 Å². The van der Waals surface area contributed by atoms with Crippen molar-refractivity contribution in [3.05, 3.63) is 23.4 Å². The minimum Gasteiger partial charge on any atom is -0.400 e. The molecular formula is C6H9ClN2O. The predicted octanol–water partition coefficient (Wildman–Crippen LogP) is 0.926. The van der Waals surface area contributed by atoms with Gasteiger partial charge < -0.3 is 10.8 Å². The van der Waals surface area contributed by atoms with Crippen LogP contribution in [0.1, 0.15) is 0 Å². The molecule has 0 spiro atoms. The molecule has 0 bridgehead atoms. The van der Waals surface area contributed by atoms with Gasteiger partial charge in [0.25, 0.3) is 0 Å². The summed E-state index contributed by atoms with van der Waals surface area (Å²) in [6, 6.07) is 3.35. The third-order valence-electron chi connectivity index (χ3n) is 0.750. The molecule has 0 saturated carbocycles. The van der Waals surface area contributed by atoms with Gasteiger partial charge >= 0.3 is 0 Å². The lowest BCUT2D eigenvalue weighted by atomic mass is 10.5. The Bertz CT molecular complexity index is 155. The van der Waals surface area contributed by atoms with Gasteiger partial charge in [-0.05, 0) is 12.1 Å². The Morgan fingerprint density at radius 3 is 2.40 bits per heavy atom. The molecule has 0 aliphatic carbocycles. The van der Waals surface area contributed by atoms with Crippen molar-refractivity contribution in [2.75, 3.05) is 12.8 Å². The third kappa shape index (κ3) is 3.27. The summed E-state index contributed by atoms with van der Waals surface area (Å²) < 4.78 is 0. The number of aromatic nitrogens is 1. The smallest absolute Gasteiger partial charge is 0.123 e. The van der Waals surface area contributed by atoms with Crippen molar-refractivity contribution in [2.24, 2.45) is 0 Å². The Hall–Kier alpha value is -0.800. The van der Waals surface area contributed by atoms with Crippen LogP contribution in [-0.2, 0) is 0 Å². The van der Waals surface area contributed by atoms with Gasteiger partial charge in [0.2, 0.25) is 0 Å². The molecule has 1 rings (SSSR count). The van der Waals surface area contributed by atoms with Crippen LogP contribution in [0.4, 0.5) is 5.82 Å². The van der Waals surface area contributed by atoms with Crippen LogP contribution >= 0.6 is 11.6 Å². The Morgan fingerprint density at radius 1 is 1.50 bits per heavy atom. The topological polar surface area (TPSA) is 59.1 Å². The number of aliphatic hydroxyl groups excluding tert-OH is 1. The third-order valence-corrected chi connectivity index (χ3v) is 0.974. The minimum atomic E-state index is 0.495. The molecule has 0 amide bonds. The molecule has 1 aromatic rings. The number of pyridine rings is 1. The number of nitrogens with zero attached hydrogens (tertiary/aromatic N) is 1. The highest BCUT2D eigenvalue weighted by molar-refractivity contribution is 6.30. The summed E-state index contributed by atoms with van der Waals surface area (Å²) in [5.41, 5.74) is 5.26. The van der Waals surface area contributed by atoms with Gasteiger partial charge in [-0.3, -0.25) is 0 Å². The number of nitrogens with two attached hydrogens (primary N) is 1. The van der Waals surface area contributed by atoms with Gasteiger partial charge in [-0.1, -0.05) is 11.6 Å². The maximum Gasteiger partial charge on any atom is 0.123 e. The molecule has 0 radical (unpaired) electrons. The van der Waals surface area contributed by atoms with Crippen molar-refractivity contribution < 1.29 is 5.11 Å². The highest BCUT2D eigenvalue weighted by Crippen LogP contribution is 2.05. The van der Waals surface area contributed by atoms with Crippen molar-refractivity contribution in [1.82, 2.24) is 4.98 Å². The molecule has 4 heteroatoms. The van der Waals surface area contributed by atoms with Gasteiger partial charge in [0.15, 0.2) is 0 Å². The molecule has 3 N–H and O–H groups in total. The van der Waals surface area contributed by atoms with Crippen LogP contribution < -0.4 is 5.73 Å². The fraction of sp³-hybridized carbons (Fsp3) is 0.167. The molecule has 0 saturated heterocycles. The van der Waals surface area contributed by atoms with E-state index in [2.05, 4.69) is 4.98 Å². The first-order valence-electron chi connectivity index (χ1n) is 2.61. The fourth-order valence-electron chi connectivity index (χ4n) is 0.387. The second-order valence-corrected chi connectivity index (χ2v) is 1.84. The van der Waals surface area contributed by atoms with Gasteiger partial charge in [0.05, 0.1) is 5.02 Å². The summed E-state index contributed by atoms with van der Waals surface area (Å²) in [6.07, 6.45) is 1.51. The van der Waals surface area contributed by atoms with E-state index in [9.17, 15) is 0 Å². The molecule has 1 aromatic heterocycles. The standard InChI is InChI=1S/C5H5ClN2.CH4O/c6-4-1-2-5(7)8-3-4;1-2/h1-3H,(H2,7,8);2H,1H3. The zero-order chi connectivity index (χ0) is 7.98. The van der Waals surface area contributed by atoms with E-state index in [4.69, 9.17) is 22.4 Å². The quantitative estimate of drug-likeness (QED) is 0.594. The number of hydrogen-bond acceptors (Lipinski definition) is 3. The number of halogens is 1. The first-order chi connectivity index (χ1) is 4.79. The lowest BCUT2D eigenvalue weighted by molar-refractivity contribution is 0.399. The van der Waals surface area contributed by atoms with Gasteiger partial charge in [-0.2, -0.15) is 0 Å². The molecule has 0 aliphatic heterocycles. The molecule has 0 atom stereocenters. The summed E-state index contributed by atoms with van der Waals surface area (Å²) in [7, 11) is 1.00. The lowest BCUT2D eigenvalue weighted by Crippen LogP contribution is -1.86. The minimum absolute atomic E-state index is 0.495. The first-order valence-corrected chi connectivity index (χ1v) is 2.98. The first kappa shape index (κ1) is 9.20. The summed E-state index contributed by atoms with van der Waals surface area (Å²) in [6.45, 7) is 0. The molecule has 0 aliphatic rings. The Morgan fingerprint density at radius 2 is 2.10 bits per heavy atom. The molecule has 3 nitrogen and oxygen atoms in total. The van der Waals surface area contributed by atoms with Crippen LogP contribution in [0.3, 0.4) is 0 Å². The molecule has 10 heavy (non-hydrogen) atoms. The molecular weight excluding hydrogens is 152 g/mol. The van der Waals surface area contributed by atoms with Crippen molar-refractivity contribution >= 4 is 17.4 Å². The fourth-order valence-corrected chi connectivity index (χ4v) is 0.499. The van der Waals surface area contributed by atoms with Crippen LogP contribution in [0, 0.1) is 0 Å². The normalized spacial score (nSPS) is 7.90. The Balaban J connectivity index is 0.000000371. The van der Waals surface area contributed by atoms with Gasteiger partial charge in [-0.25, -0.2) is 4.98 Å². The van der Waals surface area contributed by atoms with E-state index in [-0.39, 0.29) is 0 Å². The average Bonchev–Trinajstić information content (AvgIpc) is 2.00. The lowest BCUT2D eigenvalue weighted by Gasteiger charge is -1.87. The van der Waals surface area contributed by atoms with E-state index < -0.39 is 0 Å². The second kappa shape index (κ2) is 5.02. The molecule has 0 unspecified atom stereocenters. The zero-order valence-corrected chi connectivity index (χ0v) is 6.34. The number of anilines is 1. The van der Waals surface area contributed by atoms with Gasteiger partial charge in [0, 0.05) is 13.3 Å². The largest absolute Gasteiger partial charge is 0.400 e. The predicted molar refractivity (Wildman–Crippen MR) is 41.8 cm³/mol. The summed E-state index contributed by atoms with van der Waals surface area (Å²) >= 11 is 5.49. The van der Waals surface area contributed by atoms with Crippen LogP contribution in [0.15, 0.2) is 18.3 Å². The van der Waals surface area contributed by atoms with E-state index in [1.165, 1.54) is 6.20 Å². The van der Waals surface area contributed by atoms with Crippen LogP contribution in [0.2, 0.25) is 5.02 Å². The van der Waals surface area contributed by atoms with Crippen molar-refractivity contribution in [1.29, 1.82) is 0 Å². The van der Waals surface area contributed by atoms with Crippen molar-refractivity contribution in [3.63, 3.8) is 0 Å².